The first-order valence-electron chi connectivity index (χ1n) is 9.57. The third-order valence-corrected chi connectivity index (χ3v) is 4.27. The van der Waals surface area contributed by atoms with Gasteiger partial charge in [-0.05, 0) is 60.5 Å². The Hall–Kier alpha value is -3.67. The van der Waals surface area contributed by atoms with Crippen molar-refractivity contribution in [3.63, 3.8) is 0 Å². The highest BCUT2D eigenvalue weighted by molar-refractivity contribution is 5.91. The lowest BCUT2D eigenvalue weighted by Gasteiger charge is -2.15. The second-order valence-corrected chi connectivity index (χ2v) is 6.59. The molecule has 1 aromatic heterocycles. The maximum atomic E-state index is 14.3. The predicted octanol–water partition coefficient (Wildman–Crippen LogP) is 5.08. The largest absolute Gasteiger partial charge is 0.494 e. The zero-order valence-corrected chi connectivity index (χ0v) is 16.9. The summed E-state index contributed by atoms with van der Waals surface area (Å²) in [5.41, 5.74) is 1.56. The van der Waals surface area contributed by atoms with E-state index in [1.54, 1.807) is 42.4 Å². The van der Waals surface area contributed by atoms with E-state index in [0.717, 1.165) is 11.3 Å². The van der Waals surface area contributed by atoms with Crippen molar-refractivity contribution in [3.8, 4) is 17.2 Å². The molecule has 0 N–H and O–H groups in total. The van der Waals surface area contributed by atoms with Gasteiger partial charge in [0.05, 0.1) is 12.8 Å². The molecular formula is C24H23FN2O3. The van der Waals surface area contributed by atoms with Gasteiger partial charge in [0.25, 0.3) is 0 Å². The summed E-state index contributed by atoms with van der Waals surface area (Å²) in [4.78, 5) is 17.9. The van der Waals surface area contributed by atoms with E-state index in [1.807, 2.05) is 31.2 Å². The van der Waals surface area contributed by atoms with Crippen molar-refractivity contribution in [1.82, 2.24) is 9.88 Å². The molecule has 0 aliphatic carbocycles. The van der Waals surface area contributed by atoms with Crippen LogP contribution in [-0.2, 0) is 11.3 Å². The first-order chi connectivity index (χ1) is 14.5. The van der Waals surface area contributed by atoms with Crippen molar-refractivity contribution >= 4 is 12.0 Å². The van der Waals surface area contributed by atoms with Gasteiger partial charge in [0.1, 0.15) is 11.5 Å². The number of aromatic nitrogens is 1. The quantitative estimate of drug-likeness (QED) is 0.490. The molecule has 0 fully saturated rings. The third-order valence-electron chi connectivity index (χ3n) is 4.27. The number of likely N-dealkylation sites (N-methyl/N-ethyl adjacent to an activating group) is 1. The molecule has 1 heterocycles. The van der Waals surface area contributed by atoms with Crippen LogP contribution < -0.4 is 9.47 Å². The number of benzene rings is 2. The van der Waals surface area contributed by atoms with Crippen molar-refractivity contribution < 1.29 is 18.7 Å². The van der Waals surface area contributed by atoms with Crippen molar-refractivity contribution in [2.45, 2.75) is 13.5 Å². The summed E-state index contributed by atoms with van der Waals surface area (Å²) in [6, 6.07) is 15.5. The predicted molar refractivity (Wildman–Crippen MR) is 114 cm³/mol. The van der Waals surface area contributed by atoms with Crippen LogP contribution in [-0.4, -0.2) is 29.4 Å². The number of ether oxygens (including phenoxy) is 2. The molecule has 0 saturated heterocycles. The molecular weight excluding hydrogens is 383 g/mol. The highest BCUT2D eigenvalue weighted by atomic mass is 19.1. The van der Waals surface area contributed by atoms with Crippen LogP contribution in [0.4, 0.5) is 4.39 Å². The fraction of sp³-hybridized carbons (Fsp3) is 0.167. The standard InChI is InChI=1S/C24H23FN2O3/c1-3-29-20-10-6-19(7-11-20)17-27(2)24(28)13-9-18-8-12-23(22(25)15-18)30-21-5-4-14-26-16-21/h4-16H,3,17H2,1-2H3/b13-9+. The monoisotopic (exact) mass is 406 g/mol. The fourth-order valence-electron chi connectivity index (χ4n) is 2.74. The molecule has 0 atom stereocenters. The summed E-state index contributed by atoms with van der Waals surface area (Å²) in [5, 5.41) is 0. The molecule has 2 aromatic carbocycles. The minimum Gasteiger partial charge on any atom is -0.494 e. The number of carbonyl (C=O) groups excluding carboxylic acids is 1. The fourth-order valence-corrected chi connectivity index (χ4v) is 2.74. The smallest absolute Gasteiger partial charge is 0.246 e. The maximum absolute atomic E-state index is 14.3. The van der Waals surface area contributed by atoms with Crippen molar-refractivity contribution in [2.24, 2.45) is 0 Å². The Morgan fingerprint density at radius 3 is 2.60 bits per heavy atom. The first kappa shape index (κ1) is 21.0. The van der Waals surface area contributed by atoms with Crippen LogP contribution in [0.25, 0.3) is 6.08 Å². The summed E-state index contributed by atoms with van der Waals surface area (Å²) in [7, 11) is 1.72. The molecule has 6 heteroatoms. The summed E-state index contributed by atoms with van der Waals surface area (Å²) < 4.78 is 25.2. The molecule has 154 valence electrons. The Morgan fingerprint density at radius 1 is 1.13 bits per heavy atom. The number of carbonyl (C=O) groups is 1. The molecule has 0 spiro atoms. The van der Waals surface area contributed by atoms with Crippen LogP contribution in [0.3, 0.4) is 0 Å². The van der Waals surface area contributed by atoms with E-state index in [2.05, 4.69) is 4.98 Å². The van der Waals surface area contributed by atoms with Gasteiger partial charge in [-0.2, -0.15) is 0 Å². The van der Waals surface area contributed by atoms with Gasteiger partial charge < -0.3 is 14.4 Å². The molecule has 0 unspecified atom stereocenters. The van der Waals surface area contributed by atoms with Crippen LogP contribution >= 0.6 is 0 Å². The van der Waals surface area contributed by atoms with E-state index in [4.69, 9.17) is 9.47 Å². The number of pyridine rings is 1. The Balaban J connectivity index is 1.58. The van der Waals surface area contributed by atoms with Crippen molar-refractivity contribution in [2.75, 3.05) is 13.7 Å². The molecule has 0 radical (unpaired) electrons. The van der Waals surface area contributed by atoms with Gasteiger partial charge >= 0.3 is 0 Å². The summed E-state index contributed by atoms with van der Waals surface area (Å²) in [6.07, 6.45) is 6.12. The molecule has 30 heavy (non-hydrogen) atoms. The average molecular weight is 406 g/mol. The number of amides is 1. The molecule has 0 saturated carbocycles. The van der Waals surface area contributed by atoms with Gasteiger partial charge in [0.2, 0.25) is 5.91 Å². The number of hydrogen-bond acceptors (Lipinski definition) is 4. The second kappa shape index (κ2) is 10.2. The lowest BCUT2D eigenvalue weighted by atomic mass is 10.2. The molecule has 3 rings (SSSR count). The maximum Gasteiger partial charge on any atom is 0.246 e. The van der Waals surface area contributed by atoms with E-state index in [1.165, 1.54) is 24.4 Å². The van der Waals surface area contributed by atoms with E-state index < -0.39 is 5.82 Å². The Labute approximate surface area is 175 Å². The van der Waals surface area contributed by atoms with E-state index in [9.17, 15) is 9.18 Å². The number of halogens is 1. The van der Waals surface area contributed by atoms with E-state index in [-0.39, 0.29) is 11.7 Å². The van der Waals surface area contributed by atoms with Crippen LogP contribution in [0.2, 0.25) is 0 Å². The minimum atomic E-state index is -0.517. The normalized spacial score (nSPS) is 10.8. The minimum absolute atomic E-state index is 0.0964. The van der Waals surface area contributed by atoms with Crippen LogP contribution in [0.1, 0.15) is 18.1 Å². The van der Waals surface area contributed by atoms with Crippen molar-refractivity contribution in [1.29, 1.82) is 0 Å². The lowest BCUT2D eigenvalue weighted by Crippen LogP contribution is -2.24. The zero-order chi connectivity index (χ0) is 21.3. The van der Waals surface area contributed by atoms with Gasteiger partial charge in [-0.3, -0.25) is 9.78 Å². The highest BCUT2D eigenvalue weighted by Crippen LogP contribution is 2.25. The lowest BCUT2D eigenvalue weighted by molar-refractivity contribution is -0.125. The Bertz CT molecular complexity index is 1000. The molecule has 0 aliphatic rings. The second-order valence-electron chi connectivity index (χ2n) is 6.59. The summed E-state index contributed by atoms with van der Waals surface area (Å²) >= 11 is 0. The van der Waals surface area contributed by atoms with Crippen LogP contribution in [0.15, 0.2) is 73.1 Å². The van der Waals surface area contributed by atoms with Gasteiger partial charge in [-0.25, -0.2) is 4.39 Å². The Kier molecular flexibility index (Phi) is 7.16. The van der Waals surface area contributed by atoms with Gasteiger partial charge in [0, 0.05) is 25.9 Å². The molecule has 0 aliphatic heterocycles. The number of nitrogens with zero attached hydrogens (tertiary/aromatic N) is 2. The van der Waals surface area contributed by atoms with Gasteiger partial charge in [0.15, 0.2) is 11.6 Å². The SMILES string of the molecule is CCOc1ccc(CN(C)C(=O)/C=C/c2ccc(Oc3cccnc3)c(F)c2)cc1. The molecule has 0 bridgehead atoms. The third kappa shape index (κ3) is 5.91. The summed E-state index contributed by atoms with van der Waals surface area (Å²) in [6.45, 7) is 3.00. The van der Waals surface area contributed by atoms with Crippen molar-refractivity contribution in [3.05, 3.63) is 90.0 Å². The van der Waals surface area contributed by atoms with Crippen LogP contribution in [0, 0.1) is 5.82 Å². The Morgan fingerprint density at radius 2 is 1.93 bits per heavy atom. The topological polar surface area (TPSA) is 51.7 Å². The van der Waals surface area contributed by atoms with Gasteiger partial charge in [-0.15, -0.1) is 0 Å². The molecule has 5 nitrogen and oxygen atoms in total. The highest BCUT2D eigenvalue weighted by Gasteiger charge is 2.08. The number of hydrogen-bond donors (Lipinski definition) is 0. The van der Waals surface area contributed by atoms with E-state index >= 15 is 0 Å². The van der Waals surface area contributed by atoms with Gasteiger partial charge in [-0.1, -0.05) is 18.2 Å². The zero-order valence-electron chi connectivity index (χ0n) is 16.9. The number of rotatable bonds is 8. The molecule has 3 aromatic rings. The van der Waals surface area contributed by atoms with Crippen LogP contribution in [0.5, 0.6) is 17.2 Å². The average Bonchev–Trinajstić information content (AvgIpc) is 2.76. The summed E-state index contributed by atoms with van der Waals surface area (Å²) in [5.74, 6) is 0.647. The van der Waals surface area contributed by atoms with E-state index in [0.29, 0.717) is 24.5 Å². The first-order valence-corrected chi connectivity index (χ1v) is 9.57. The molecule has 1 amide bonds.